The smallest absolute Gasteiger partial charge is 0.0934 e. The summed E-state index contributed by atoms with van der Waals surface area (Å²) in [5.41, 5.74) is 5.78. The van der Waals surface area contributed by atoms with Crippen LogP contribution in [-0.2, 0) is 13.0 Å². The zero-order chi connectivity index (χ0) is 15.3. The number of fused-ring (bicyclic) bond motifs is 1. The first-order chi connectivity index (χ1) is 10.5. The van der Waals surface area contributed by atoms with Gasteiger partial charge in [-0.15, -0.1) is 11.3 Å². The molecule has 0 saturated carbocycles. The summed E-state index contributed by atoms with van der Waals surface area (Å²) < 4.78 is 3.28. The van der Waals surface area contributed by atoms with Crippen molar-refractivity contribution >= 4 is 22.9 Å². The lowest BCUT2D eigenvalue weighted by atomic mass is 9.88. The maximum Gasteiger partial charge on any atom is 0.0934 e. The van der Waals surface area contributed by atoms with E-state index in [9.17, 15) is 0 Å². The van der Waals surface area contributed by atoms with Gasteiger partial charge in [-0.2, -0.15) is 0 Å². The van der Waals surface area contributed by atoms with Gasteiger partial charge < -0.3 is 4.57 Å². The van der Waals surface area contributed by atoms with Crippen LogP contribution < -0.4 is 0 Å². The van der Waals surface area contributed by atoms with Crippen LogP contribution in [-0.4, -0.2) is 4.57 Å². The molecule has 4 rings (SSSR count). The van der Waals surface area contributed by atoms with E-state index < -0.39 is 0 Å². The summed E-state index contributed by atoms with van der Waals surface area (Å²) >= 11 is 7.82. The first-order valence-electron chi connectivity index (χ1n) is 7.57. The second kappa shape index (κ2) is 5.00. The number of aromatic nitrogens is 1. The van der Waals surface area contributed by atoms with Crippen molar-refractivity contribution in [2.45, 2.75) is 26.8 Å². The molecule has 1 aromatic carbocycles. The Balaban J connectivity index is 1.94. The van der Waals surface area contributed by atoms with E-state index in [1.807, 2.05) is 6.07 Å². The lowest BCUT2D eigenvalue weighted by Crippen LogP contribution is -2.12. The number of nitrogens with zero attached hydrogens (tertiary/aromatic N) is 1. The average Bonchev–Trinajstić information content (AvgIpc) is 3.11. The zero-order valence-corrected chi connectivity index (χ0v) is 14.3. The molecule has 22 heavy (non-hydrogen) atoms. The highest BCUT2D eigenvalue weighted by Crippen LogP contribution is 2.45. The van der Waals surface area contributed by atoms with Gasteiger partial charge in [-0.3, -0.25) is 0 Å². The summed E-state index contributed by atoms with van der Waals surface area (Å²) in [6.07, 6.45) is 3.44. The summed E-state index contributed by atoms with van der Waals surface area (Å²) in [5.74, 6) is 0. The van der Waals surface area contributed by atoms with Crippen molar-refractivity contribution in [2.75, 3.05) is 0 Å². The van der Waals surface area contributed by atoms with Crippen LogP contribution in [0.4, 0.5) is 0 Å². The zero-order valence-electron chi connectivity index (χ0n) is 12.8. The van der Waals surface area contributed by atoms with Crippen LogP contribution in [0.3, 0.4) is 0 Å². The molecule has 3 heterocycles. The van der Waals surface area contributed by atoms with Crippen molar-refractivity contribution < 1.29 is 0 Å². The fourth-order valence-corrected chi connectivity index (χ4v) is 4.53. The Morgan fingerprint density at radius 1 is 1.09 bits per heavy atom. The Hall–Kier alpha value is -1.51. The lowest BCUT2D eigenvalue weighted by molar-refractivity contribution is 0.359. The molecule has 0 spiro atoms. The number of benzene rings is 1. The maximum atomic E-state index is 6.16. The fraction of sp³-hybridized carbons (Fsp3) is 0.263. The first kappa shape index (κ1) is 14.1. The molecule has 1 nitrogen and oxygen atoms in total. The van der Waals surface area contributed by atoms with Gasteiger partial charge in [0.15, 0.2) is 0 Å². The van der Waals surface area contributed by atoms with E-state index in [0.29, 0.717) is 5.41 Å². The number of thiophene rings is 1. The molecular formula is C19H18ClNS. The monoisotopic (exact) mass is 327 g/mol. The highest BCUT2D eigenvalue weighted by Gasteiger charge is 2.32. The summed E-state index contributed by atoms with van der Waals surface area (Å²) in [7, 11) is 0. The maximum absolute atomic E-state index is 6.16. The number of rotatable bonds is 2. The third-order valence-corrected chi connectivity index (χ3v) is 5.60. The van der Waals surface area contributed by atoms with Crippen molar-refractivity contribution in [1.29, 1.82) is 0 Å². The highest BCUT2D eigenvalue weighted by atomic mass is 35.5. The molecule has 1 aliphatic heterocycles. The van der Waals surface area contributed by atoms with E-state index in [1.54, 1.807) is 11.3 Å². The van der Waals surface area contributed by atoms with Crippen LogP contribution in [0.1, 0.15) is 19.5 Å². The molecule has 0 radical (unpaired) electrons. The molecule has 0 N–H and O–H groups in total. The van der Waals surface area contributed by atoms with E-state index in [0.717, 1.165) is 17.3 Å². The van der Waals surface area contributed by atoms with E-state index >= 15 is 0 Å². The third-order valence-electron chi connectivity index (χ3n) is 4.34. The van der Waals surface area contributed by atoms with Gasteiger partial charge in [-0.1, -0.05) is 55.8 Å². The van der Waals surface area contributed by atoms with Crippen LogP contribution in [0.5, 0.6) is 0 Å². The molecule has 1 aliphatic rings. The summed E-state index contributed by atoms with van der Waals surface area (Å²) in [6, 6.07) is 14.8. The van der Waals surface area contributed by atoms with Crippen LogP contribution in [0.15, 0.2) is 48.7 Å². The molecule has 3 heteroatoms. The Bertz CT molecular complexity index is 826. The van der Waals surface area contributed by atoms with Crippen LogP contribution in [0, 0.1) is 5.41 Å². The Kier molecular flexibility index (Phi) is 3.21. The van der Waals surface area contributed by atoms with Crippen molar-refractivity contribution in [1.82, 2.24) is 4.57 Å². The number of hydrogen-bond acceptors (Lipinski definition) is 1. The Labute approximate surface area is 140 Å². The summed E-state index contributed by atoms with van der Waals surface area (Å²) in [6.45, 7) is 5.77. The molecule has 2 aromatic heterocycles. The van der Waals surface area contributed by atoms with Gasteiger partial charge in [0.2, 0.25) is 0 Å². The van der Waals surface area contributed by atoms with E-state index in [4.69, 9.17) is 11.6 Å². The van der Waals surface area contributed by atoms with Crippen LogP contribution in [0.25, 0.3) is 21.6 Å². The minimum Gasteiger partial charge on any atom is -0.350 e. The minimum atomic E-state index is 0.338. The Morgan fingerprint density at radius 2 is 1.86 bits per heavy atom. The minimum absolute atomic E-state index is 0.338. The van der Waals surface area contributed by atoms with Gasteiger partial charge in [0, 0.05) is 34.4 Å². The highest BCUT2D eigenvalue weighted by molar-refractivity contribution is 7.19. The molecule has 0 bridgehead atoms. The predicted molar refractivity (Wildman–Crippen MR) is 95.7 cm³/mol. The second-order valence-electron chi connectivity index (χ2n) is 6.80. The molecular weight excluding hydrogens is 310 g/mol. The van der Waals surface area contributed by atoms with Crippen molar-refractivity contribution in [3.05, 3.63) is 58.7 Å². The van der Waals surface area contributed by atoms with Crippen LogP contribution >= 0.6 is 22.9 Å². The average molecular weight is 328 g/mol. The molecule has 0 fully saturated rings. The molecule has 112 valence electrons. The quantitative estimate of drug-likeness (QED) is 0.534. The van der Waals surface area contributed by atoms with E-state index in [1.165, 1.54) is 27.3 Å². The lowest BCUT2D eigenvalue weighted by Gasteiger charge is -2.16. The normalized spacial score (nSPS) is 16.0. The molecule has 0 unspecified atom stereocenters. The number of halogens is 1. The van der Waals surface area contributed by atoms with Crippen LogP contribution in [0.2, 0.25) is 4.34 Å². The topological polar surface area (TPSA) is 4.93 Å². The molecule has 0 saturated heterocycles. The largest absolute Gasteiger partial charge is 0.350 e. The van der Waals surface area contributed by atoms with Gasteiger partial charge in [0.05, 0.1) is 4.34 Å². The fourth-order valence-electron chi connectivity index (χ4n) is 3.47. The van der Waals surface area contributed by atoms with Gasteiger partial charge in [0.1, 0.15) is 0 Å². The van der Waals surface area contributed by atoms with Crippen molar-refractivity contribution in [2.24, 2.45) is 5.41 Å². The first-order valence-corrected chi connectivity index (χ1v) is 8.76. The Morgan fingerprint density at radius 3 is 2.55 bits per heavy atom. The SMILES string of the molecule is CC1(C)Cc2c(-c3ccccc3)c(-c3ccc(Cl)s3)cn2C1. The van der Waals surface area contributed by atoms with Gasteiger partial charge in [-0.05, 0) is 29.5 Å². The van der Waals surface area contributed by atoms with Gasteiger partial charge in [-0.25, -0.2) is 0 Å². The standard InChI is InChI=1S/C19H18ClNS/c1-19(2)10-15-18(13-6-4-3-5-7-13)14(11-21(15)12-19)16-8-9-17(20)22-16/h3-9,11H,10,12H2,1-2H3. The molecule has 3 aromatic rings. The van der Waals surface area contributed by atoms with Crippen molar-refractivity contribution in [3.63, 3.8) is 0 Å². The van der Waals surface area contributed by atoms with Gasteiger partial charge in [0.25, 0.3) is 0 Å². The molecule has 0 atom stereocenters. The predicted octanol–water partition coefficient (Wildman–Crippen LogP) is 6.12. The van der Waals surface area contributed by atoms with E-state index in [2.05, 4.69) is 61.0 Å². The summed E-state index contributed by atoms with van der Waals surface area (Å²) in [4.78, 5) is 1.25. The van der Waals surface area contributed by atoms with Gasteiger partial charge >= 0.3 is 0 Å². The number of hydrogen-bond donors (Lipinski definition) is 0. The molecule has 0 amide bonds. The third kappa shape index (κ3) is 2.31. The molecule has 0 aliphatic carbocycles. The van der Waals surface area contributed by atoms with E-state index in [-0.39, 0.29) is 0 Å². The van der Waals surface area contributed by atoms with Crippen molar-refractivity contribution in [3.8, 4) is 21.6 Å². The second-order valence-corrected chi connectivity index (χ2v) is 8.52. The summed E-state index contributed by atoms with van der Waals surface area (Å²) in [5, 5.41) is 0.